The van der Waals surface area contributed by atoms with Crippen LogP contribution in [0.3, 0.4) is 0 Å². The second kappa shape index (κ2) is 5.33. The smallest absolute Gasteiger partial charge is 0.118 e. The molecule has 2 N–H and O–H groups in total. The first-order valence-electron chi connectivity index (χ1n) is 6.83. The summed E-state index contributed by atoms with van der Waals surface area (Å²) in [5.41, 5.74) is 4.90. The number of benzene rings is 3. The lowest BCUT2D eigenvalue weighted by molar-refractivity contribution is 0.471. The Morgan fingerprint density at radius 2 is 1.43 bits per heavy atom. The molecule has 0 aliphatic rings. The van der Waals surface area contributed by atoms with Crippen LogP contribution in [0.1, 0.15) is 5.56 Å². The van der Waals surface area contributed by atoms with Gasteiger partial charge < -0.3 is 10.2 Å². The van der Waals surface area contributed by atoms with E-state index in [4.69, 9.17) is 0 Å². The summed E-state index contributed by atoms with van der Waals surface area (Å²) in [5, 5.41) is 19.5. The molecular weight excluding hydrogens is 260 g/mol. The van der Waals surface area contributed by atoms with E-state index in [9.17, 15) is 10.2 Å². The third kappa shape index (κ3) is 2.61. The highest BCUT2D eigenvalue weighted by Gasteiger charge is 2.09. The number of aromatic hydroxyl groups is 2. The van der Waals surface area contributed by atoms with Crippen LogP contribution in [0.5, 0.6) is 11.5 Å². The normalized spacial score (nSPS) is 10.5. The van der Waals surface area contributed by atoms with Crippen molar-refractivity contribution >= 4 is 0 Å². The van der Waals surface area contributed by atoms with Gasteiger partial charge in [0.05, 0.1) is 0 Å². The first kappa shape index (κ1) is 13.3. The highest BCUT2D eigenvalue weighted by Crippen LogP contribution is 2.36. The van der Waals surface area contributed by atoms with Gasteiger partial charge in [0.2, 0.25) is 0 Å². The highest BCUT2D eigenvalue weighted by atomic mass is 16.3. The molecule has 3 rings (SSSR count). The van der Waals surface area contributed by atoms with Gasteiger partial charge in [-0.1, -0.05) is 42.5 Å². The molecule has 2 heteroatoms. The molecule has 21 heavy (non-hydrogen) atoms. The summed E-state index contributed by atoms with van der Waals surface area (Å²) in [6, 6.07) is 20.9. The van der Waals surface area contributed by atoms with E-state index in [0.29, 0.717) is 5.75 Å². The lowest BCUT2D eigenvalue weighted by atomic mass is 9.93. The summed E-state index contributed by atoms with van der Waals surface area (Å²) in [7, 11) is 0. The number of phenols is 2. The average molecular weight is 276 g/mol. The Kier molecular flexibility index (Phi) is 3.36. The molecule has 0 aliphatic heterocycles. The van der Waals surface area contributed by atoms with E-state index >= 15 is 0 Å². The second-order valence-electron chi connectivity index (χ2n) is 5.10. The second-order valence-corrected chi connectivity index (χ2v) is 5.10. The SMILES string of the molecule is Cc1cc(-c2ccc(O)cc2-c2ccccc2)ccc1O. The van der Waals surface area contributed by atoms with Gasteiger partial charge in [0.15, 0.2) is 0 Å². The van der Waals surface area contributed by atoms with E-state index in [1.54, 1.807) is 18.2 Å². The molecule has 0 bridgehead atoms. The quantitative estimate of drug-likeness (QED) is 0.709. The van der Waals surface area contributed by atoms with Gasteiger partial charge in [0.25, 0.3) is 0 Å². The molecular formula is C19H16O2. The molecule has 0 fully saturated rings. The van der Waals surface area contributed by atoms with Gasteiger partial charge in [0.1, 0.15) is 11.5 Å². The standard InChI is InChI=1S/C19H16O2/c1-13-11-15(7-10-19(13)21)17-9-8-16(20)12-18(17)14-5-3-2-4-6-14/h2-12,20-21H,1H3. The Hall–Kier alpha value is -2.74. The Bertz CT molecular complexity index is 777. The molecule has 104 valence electrons. The molecule has 0 saturated carbocycles. The molecule has 0 spiro atoms. The highest BCUT2D eigenvalue weighted by molar-refractivity contribution is 5.84. The zero-order valence-corrected chi connectivity index (χ0v) is 11.7. The van der Waals surface area contributed by atoms with Crippen molar-refractivity contribution in [3.05, 3.63) is 72.3 Å². The maximum absolute atomic E-state index is 9.80. The van der Waals surface area contributed by atoms with Crippen molar-refractivity contribution in [3.63, 3.8) is 0 Å². The topological polar surface area (TPSA) is 40.5 Å². The van der Waals surface area contributed by atoms with Crippen molar-refractivity contribution in [1.29, 1.82) is 0 Å². The van der Waals surface area contributed by atoms with Crippen LogP contribution in [-0.2, 0) is 0 Å². The van der Waals surface area contributed by atoms with E-state index in [1.165, 1.54) is 0 Å². The fourth-order valence-corrected chi connectivity index (χ4v) is 2.46. The van der Waals surface area contributed by atoms with Crippen molar-refractivity contribution in [1.82, 2.24) is 0 Å². The van der Waals surface area contributed by atoms with Crippen LogP contribution in [-0.4, -0.2) is 10.2 Å². The van der Waals surface area contributed by atoms with Gasteiger partial charge in [-0.05, 0) is 59.0 Å². The van der Waals surface area contributed by atoms with Crippen LogP contribution in [0.2, 0.25) is 0 Å². The Morgan fingerprint density at radius 1 is 0.667 bits per heavy atom. The molecule has 0 amide bonds. The van der Waals surface area contributed by atoms with Crippen LogP contribution in [0.15, 0.2) is 66.7 Å². The Labute approximate surface area is 123 Å². The summed E-state index contributed by atoms with van der Waals surface area (Å²) in [6.45, 7) is 1.88. The van der Waals surface area contributed by atoms with E-state index in [2.05, 4.69) is 0 Å². The number of phenolic OH excluding ortho intramolecular Hbond substituents is 2. The van der Waals surface area contributed by atoms with Gasteiger partial charge in [-0.15, -0.1) is 0 Å². The molecule has 0 unspecified atom stereocenters. The predicted octanol–water partition coefficient (Wildman–Crippen LogP) is 4.74. The number of hydrogen-bond acceptors (Lipinski definition) is 2. The molecule has 0 radical (unpaired) electrons. The van der Waals surface area contributed by atoms with Crippen molar-refractivity contribution in [3.8, 4) is 33.8 Å². The molecule has 0 aromatic heterocycles. The van der Waals surface area contributed by atoms with Crippen molar-refractivity contribution in [2.45, 2.75) is 6.92 Å². The van der Waals surface area contributed by atoms with Gasteiger partial charge in [-0.3, -0.25) is 0 Å². The minimum Gasteiger partial charge on any atom is -0.508 e. The van der Waals surface area contributed by atoms with Crippen LogP contribution in [0, 0.1) is 6.92 Å². The summed E-state index contributed by atoms with van der Waals surface area (Å²) >= 11 is 0. The maximum atomic E-state index is 9.80. The van der Waals surface area contributed by atoms with Crippen LogP contribution < -0.4 is 0 Å². The van der Waals surface area contributed by atoms with Crippen molar-refractivity contribution in [2.24, 2.45) is 0 Å². The zero-order valence-electron chi connectivity index (χ0n) is 11.7. The van der Waals surface area contributed by atoms with E-state index in [-0.39, 0.29) is 5.75 Å². The summed E-state index contributed by atoms with van der Waals surface area (Å²) < 4.78 is 0. The minimum absolute atomic E-state index is 0.244. The van der Waals surface area contributed by atoms with E-state index < -0.39 is 0 Å². The third-order valence-corrected chi connectivity index (χ3v) is 3.60. The maximum Gasteiger partial charge on any atom is 0.118 e. The first-order chi connectivity index (χ1) is 10.1. The van der Waals surface area contributed by atoms with Crippen LogP contribution in [0.25, 0.3) is 22.3 Å². The van der Waals surface area contributed by atoms with Gasteiger partial charge in [0, 0.05) is 0 Å². The van der Waals surface area contributed by atoms with Crippen LogP contribution >= 0.6 is 0 Å². The van der Waals surface area contributed by atoms with E-state index in [0.717, 1.165) is 27.8 Å². The molecule has 0 atom stereocenters. The first-order valence-corrected chi connectivity index (χ1v) is 6.83. The van der Waals surface area contributed by atoms with Crippen molar-refractivity contribution < 1.29 is 10.2 Å². The lowest BCUT2D eigenvalue weighted by Crippen LogP contribution is -1.86. The largest absolute Gasteiger partial charge is 0.508 e. The fourth-order valence-electron chi connectivity index (χ4n) is 2.46. The summed E-state index contributed by atoms with van der Waals surface area (Å²) in [5.74, 6) is 0.534. The van der Waals surface area contributed by atoms with Gasteiger partial charge >= 0.3 is 0 Å². The predicted molar refractivity (Wildman–Crippen MR) is 85.4 cm³/mol. The number of hydrogen-bond donors (Lipinski definition) is 2. The van der Waals surface area contributed by atoms with Crippen molar-refractivity contribution in [2.75, 3.05) is 0 Å². The number of aryl methyl sites for hydroxylation is 1. The molecule has 0 aliphatic carbocycles. The fraction of sp³-hybridized carbons (Fsp3) is 0.0526. The van der Waals surface area contributed by atoms with Gasteiger partial charge in [-0.25, -0.2) is 0 Å². The Morgan fingerprint density at radius 3 is 2.14 bits per heavy atom. The average Bonchev–Trinajstić information content (AvgIpc) is 2.51. The molecule has 0 saturated heterocycles. The van der Waals surface area contributed by atoms with Gasteiger partial charge in [-0.2, -0.15) is 0 Å². The monoisotopic (exact) mass is 276 g/mol. The molecule has 3 aromatic rings. The number of rotatable bonds is 2. The minimum atomic E-state index is 0.244. The zero-order chi connectivity index (χ0) is 14.8. The molecule has 0 heterocycles. The third-order valence-electron chi connectivity index (χ3n) is 3.60. The van der Waals surface area contributed by atoms with E-state index in [1.807, 2.05) is 55.5 Å². The Balaban J connectivity index is 2.21. The summed E-state index contributed by atoms with van der Waals surface area (Å²) in [6.07, 6.45) is 0. The summed E-state index contributed by atoms with van der Waals surface area (Å²) in [4.78, 5) is 0. The molecule has 2 nitrogen and oxygen atoms in total. The molecule has 3 aromatic carbocycles. The van der Waals surface area contributed by atoms with Crippen LogP contribution in [0.4, 0.5) is 0 Å². The lowest BCUT2D eigenvalue weighted by Gasteiger charge is -2.12.